The van der Waals surface area contributed by atoms with Crippen LogP contribution >= 0.6 is 58.0 Å². The van der Waals surface area contributed by atoms with E-state index in [1.54, 1.807) is 25.3 Å². The number of rotatable bonds is 6. The highest BCUT2D eigenvalue weighted by atomic mass is 35.5. The summed E-state index contributed by atoms with van der Waals surface area (Å²) >= 11 is 33.1. The smallest absolute Gasteiger partial charge is 0.347 e. The number of hydrogen-bond acceptors (Lipinski definition) is 9. The lowest BCUT2D eigenvalue weighted by molar-refractivity contribution is -0.128. The molecule has 0 unspecified atom stereocenters. The molecule has 51 heavy (non-hydrogen) atoms. The summed E-state index contributed by atoms with van der Waals surface area (Å²) in [5, 5.41) is 9.96. The number of methoxy groups -OCH3 is 2. The van der Waals surface area contributed by atoms with Crippen molar-refractivity contribution in [1.82, 2.24) is 23.5 Å². The summed E-state index contributed by atoms with van der Waals surface area (Å²) < 4.78 is 15.4. The van der Waals surface area contributed by atoms with E-state index in [4.69, 9.17) is 67.5 Å². The standard InChI is InChI=1S/C33H26Cl5N5O8/c1-40-19-12-23(51-3)22(50-2)11-18(19)39-17(29(40)47)7-8-41-30(48)42-9-6-15-20(43(42)31(41)49)13-32(37)27(45)25(35)26(36)28(46)33(32,38)24(15)16-10-14(34)4-5-21(16)44/h4-6,10-12,20,24,44H,7-9,13H2,1-3H3/t20-,24-,32-,33+/m1/s1. The number of fused-ring (bicyclic) bond motifs is 5. The minimum absolute atomic E-state index is 0.0397. The molecule has 1 fully saturated rings. The summed E-state index contributed by atoms with van der Waals surface area (Å²) in [6.07, 6.45) is 1.04. The number of aromatic nitrogens is 5. The molecule has 1 N–H and O–H groups in total. The number of hydrogen-bond donors (Lipinski definition) is 1. The van der Waals surface area contributed by atoms with Crippen LogP contribution in [0.1, 0.15) is 29.6 Å². The van der Waals surface area contributed by atoms with E-state index in [1.165, 1.54) is 37.0 Å². The van der Waals surface area contributed by atoms with Crippen LogP contribution in [0.5, 0.6) is 17.2 Å². The zero-order valence-corrected chi connectivity index (χ0v) is 30.7. The zero-order valence-electron chi connectivity index (χ0n) is 26.9. The first-order valence-electron chi connectivity index (χ1n) is 15.4. The molecule has 1 saturated carbocycles. The van der Waals surface area contributed by atoms with Gasteiger partial charge in [-0.25, -0.2) is 28.5 Å². The van der Waals surface area contributed by atoms with E-state index in [2.05, 4.69) is 4.98 Å². The number of phenolic OH excluding ortho intramolecular Hbond substituents is 1. The highest BCUT2D eigenvalue weighted by Crippen LogP contribution is 2.64. The lowest BCUT2D eigenvalue weighted by Crippen LogP contribution is -2.67. The number of allylic oxidation sites excluding steroid dienone is 4. The van der Waals surface area contributed by atoms with E-state index >= 15 is 0 Å². The number of aromatic hydroxyl groups is 1. The van der Waals surface area contributed by atoms with E-state index in [0.29, 0.717) is 28.1 Å². The third-order valence-electron chi connectivity index (χ3n) is 9.90. The molecular weight excluding hydrogens is 772 g/mol. The van der Waals surface area contributed by atoms with Crippen molar-refractivity contribution in [2.45, 2.75) is 47.6 Å². The maximum absolute atomic E-state index is 14.2. The molecule has 13 nitrogen and oxygen atoms in total. The summed E-state index contributed by atoms with van der Waals surface area (Å²) in [6.45, 7) is -0.392. The summed E-state index contributed by atoms with van der Waals surface area (Å²) in [7, 11) is 4.50. The maximum Gasteiger partial charge on any atom is 0.347 e. The Kier molecular flexibility index (Phi) is 8.54. The Labute approximate surface area is 312 Å². The molecule has 0 spiro atoms. The molecule has 2 aromatic heterocycles. The van der Waals surface area contributed by atoms with Gasteiger partial charge in [-0.15, -0.1) is 23.2 Å². The molecule has 0 bridgehead atoms. The molecule has 1 aliphatic heterocycles. The fourth-order valence-electron chi connectivity index (χ4n) is 7.40. The Morgan fingerprint density at radius 3 is 2.29 bits per heavy atom. The van der Waals surface area contributed by atoms with Gasteiger partial charge in [-0.1, -0.05) is 40.9 Å². The van der Waals surface area contributed by atoms with Gasteiger partial charge in [-0.2, -0.15) is 0 Å². The average Bonchev–Trinajstić information content (AvgIpc) is 3.36. The molecule has 266 valence electrons. The van der Waals surface area contributed by atoms with Gasteiger partial charge in [-0.05, 0) is 23.8 Å². The van der Waals surface area contributed by atoms with Crippen LogP contribution in [0.25, 0.3) is 11.0 Å². The van der Waals surface area contributed by atoms with E-state index in [9.17, 15) is 29.1 Å². The number of nitrogens with zero attached hydrogens (tertiary/aromatic N) is 5. The first kappa shape index (κ1) is 35.4. The molecular formula is C33H26Cl5N5O8. The Morgan fingerprint density at radius 2 is 1.61 bits per heavy atom. The van der Waals surface area contributed by atoms with Crippen LogP contribution in [0.2, 0.25) is 5.02 Å². The van der Waals surface area contributed by atoms with Gasteiger partial charge in [0.15, 0.2) is 23.1 Å². The summed E-state index contributed by atoms with van der Waals surface area (Å²) in [5.74, 6) is -2.80. The lowest BCUT2D eigenvalue weighted by Gasteiger charge is -2.54. The van der Waals surface area contributed by atoms with Crippen molar-refractivity contribution >= 4 is 80.6 Å². The molecule has 3 heterocycles. The first-order valence-corrected chi connectivity index (χ1v) is 17.2. The highest BCUT2D eigenvalue weighted by Gasteiger charge is 2.71. The molecule has 4 atom stereocenters. The van der Waals surface area contributed by atoms with E-state index in [1.807, 2.05) is 0 Å². The minimum Gasteiger partial charge on any atom is -0.508 e. The molecule has 0 saturated heterocycles. The van der Waals surface area contributed by atoms with Crippen LogP contribution in [-0.4, -0.2) is 64.1 Å². The quantitative estimate of drug-likeness (QED) is 0.224. The topological polar surface area (TPSA) is 157 Å². The molecule has 7 rings (SSSR count). The molecule has 0 amide bonds. The highest BCUT2D eigenvalue weighted by molar-refractivity contribution is 6.66. The largest absolute Gasteiger partial charge is 0.508 e. The maximum atomic E-state index is 14.2. The number of alkyl halides is 2. The Hall–Kier alpha value is -4.01. The Morgan fingerprint density at radius 1 is 0.941 bits per heavy atom. The number of aryl methyl sites for hydroxylation is 2. The normalized spacial score (nSPS) is 24.3. The first-order chi connectivity index (χ1) is 24.1. The number of benzene rings is 2. The average molecular weight is 798 g/mol. The van der Waals surface area contributed by atoms with Gasteiger partial charge in [0.05, 0.1) is 37.8 Å². The Balaban J connectivity index is 1.34. The summed E-state index contributed by atoms with van der Waals surface area (Å²) in [5.41, 5.74) is -0.598. The van der Waals surface area contributed by atoms with E-state index in [-0.39, 0.29) is 41.5 Å². The Bertz CT molecular complexity index is 2480. The van der Waals surface area contributed by atoms with Crippen LogP contribution < -0.4 is 26.4 Å². The van der Waals surface area contributed by atoms with Crippen molar-refractivity contribution in [1.29, 1.82) is 0 Å². The second-order valence-corrected chi connectivity index (χ2v) is 14.8. The van der Waals surface area contributed by atoms with Crippen molar-refractivity contribution in [3.8, 4) is 17.2 Å². The van der Waals surface area contributed by atoms with Crippen LogP contribution in [0.15, 0.2) is 66.4 Å². The van der Waals surface area contributed by atoms with Crippen molar-refractivity contribution in [2.75, 3.05) is 14.2 Å². The predicted octanol–water partition coefficient (Wildman–Crippen LogP) is 4.14. The van der Waals surface area contributed by atoms with Crippen LogP contribution in [0.4, 0.5) is 0 Å². The van der Waals surface area contributed by atoms with Crippen LogP contribution in [0, 0.1) is 0 Å². The van der Waals surface area contributed by atoms with Gasteiger partial charge in [0.2, 0.25) is 0 Å². The number of ketones is 2. The second kappa shape index (κ2) is 12.3. The SMILES string of the molecule is COc1cc2nc(CCn3c(=O)n4n(c3=O)[C@@H]3C[C@@]5(Cl)C(=O)C(Cl)=C(Cl)C(=O)[C@@]5(Cl)[C@@H](c5cc(Cl)ccc5O)C3=CC4)c(=O)n(C)c2cc1OC. The number of carbonyl (C=O) groups is 2. The fourth-order valence-corrected chi connectivity index (χ4v) is 9.10. The monoisotopic (exact) mass is 795 g/mol. The number of phenols is 1. The van der Waals surface area contributed by atoms with Crippen molar-refractivity contribution in [2.24, 2.45) is 7.05 Å². The summed E-state index contributed by atoms with van der Waals surface area (Å²) in [6, 6.07) is 6.18. The van der Waals surface area contributed by atoms with Crippen molar-refractivity contribution < 1.29 is 24.2 Å². The van der Waals surface area contributed by atoms with Gasteiger partial charge >= 0.3 is 11.4 Å². The second-order valence-electron chi connectivity index (χ2n) is 12.4. The van der Waals surface area contributed by atoms with Crippen molar-refractivity contribution in [3.63, 3.8) is 0 Å². The molecule has 0 radical (unpaired) electrons. The van der Waals surface area contributed by atoms with E-state index in [0.717, 1.165) is 13.9 Å². The fraction of sp³-hybridized carbons (Fsp3) is 0.333. The number of Topliss-reactive ketones (excluding diaryl/α,β-unsaturated/α-hetero) is 2. The van der Waals surface area contributed by atoms with Gasteiger partial charge < -0.3 is 19.1 Å². The van der Waals surface area contributed by atoms with Crippen molar-refractivity contribution in [3.05, 3.63) is 99.6 Å². The molecule has 18 heteroatoms. The molecule has 4 aromatic rings. The lowest BCUT2D eigenvalue weighted by atomic mass is 9.59. The van der Waals surface area contributed by atoms with Crippen LogP contribution in [0.3, 0.4) is 0 Å². The van der Waals surface area contributed by atoms with Gasteiger partial charge in [0.25, 0.3) is 5.56 Å². The molecule has 2 aromatic carbocycles. The minimum atomic E-state index is -2.32. The van der Waals surface area contributed by atoms with Gasteiger partial charge in [-0.3, -0.25) is 14.4 Å². The molecule has 3 aliphatic rings. The number of halogens is 5. The summed E-state index contributed by atoms with van der Waals surface area (Å²) in [4.78, 5) is 69.0. The predicted molar refractivity (Wildman–Crippen MR) is 190 cm³/mol. The third kappa shape index (κ3) is 4.88. The number of ether oxygens (including phenoxy) is 2. The number of carbonyl (C=O) groups excluding carboxylic acids is 2. The van der Waals surface area contributed by atoms with Gasteiger partial charge in [0, 0.05) is 55.1 Å². The molecule has 2 aliphatic carbocycles. The van der Waals surface area contributed by atoms with Crippen LogP contribution in [-0.2, 0) is 36.1 Å². The van der Waals surface area contributed by atoms with Gasteiger partial charge in [0.1, 0.15) is 31.3 Å². The zero-order chi connectivity index (χ0) is 36.9. The third-order valence-corrected chi connectivity index (χ3v) is 12.4. The van der Waals surface area contributed by atoms with E-state index < -0.39 is 66.7 Å².